The van der Waals surface area contributed by atoms with Gasteiger partial charge in [0.15, 0.2) is 0 Å². The minimum absolute atomic E-state index is 0.131. The molecule has 1 rings (SSSR count). The summed E-state index contributed by atoms with van der Waals surface area (Å²) < 4.78 is 5.25. The molecule has 0 aromatic heterocycles. The first kappa shape index (κ1) is 12.5. The normalized spacial score (nSPS) is 22.5. The van der Waals surface area contributed by atoms with Gasteiger partial charge >= 0.3 is 0 Å². The highest BCUT2D eigenvalue weighted by Crippen LogP contribution is 2.11. The van der Waals surface area contributed by atoms with Gasteiger partial charge in [0.2, 0.25) is 5.91 Å². The third kappa shape index (κ3) is 4.18. The van der Waals surface area contributed by atoms with Crippen LogP contribution in [0.4, 0.5) is 0 Å². The molecule has 0 unspecified atom stereocenters. The summed E-state index contributed by atoms with van der Waals surface area (Å²) in [6, 6.07) is 0. The number of amides is 1. The third-order valence-electron chi connectivity index (χ3n) is 2.91. The van der Waals surface area contributed by atoms with Crippen LogP contribution < -0.4 is 10.6 Å². The number of hydrogen-bond donors (Lipinski definition) is 2. The minimum Gasteiger partial charge on any atom is -0.377 e. The van der Waals surface area contributed by atoms with Crippen LogP contribution in [0.3, 0.4) is 0 Å². The zero-order chi connectivity index (χ0) is 11.3. The molecule has 0 spiro atoms. The lowest BCUT2D eigenvalue weighted by molar-refractivity contribution is -0.126. The molecule has 1 atom stereocenters. The van der Waals surface area contributed by atoms with Gasteiger partial charge in [0, 0.05) is 20.2 Å². The van der Waals surface area contributed by atoms with Crippen LogP contribution in [-0.2, 0) is 9.53 Å². The molecule has 0 aliphatic carbocycles. The highest BCUT2D eigenvalue weighted by Gasteiger charge is 2.23. The van der Waals surface area contributed by atoms with E-state index >= 15 is 0 Å². The summed E-state index contributed by atoms with van der Waals surface area (Å²) in [7, 11) is 1.66. The molecule has 0 bridgehead atoms. The lowest BCUT2D eigenvalue weighted by atomic mass is 9.98. The van der Waals surface area contributed by atoms with Crippen LogP contribution in [0.25, 0.3) is 0 Å². The Bertz CT molecular complexity index is 211. The van der Waals surface area contributed by atoms with E-state index in [1.54, 1.807) is 7.11 Å². The summed E-state index contributed by atoms with van der Waals surface area (Å²) >= 11 is 0. The van der Waals surface area contributed by atoms with E-state index in [0.29, 0.717) is 6.54 Å². The Labute approximate surface area is 91.8 Å². The molecular weight excluding hydrogens is 192 g/mol. The smallest absolute Gasteiger partial charge is 0.224 e. The summed E-state index contributed by atoms with van der Waals surface area (Å²) in [5, 5.41) is 6.17. The molecule has 2 N–H and O–H groups in total. The minimum atomic E-state index is -0.280. The Morgan fingerprint density at radius 3 is 2.87 bits per heavy atom. The molecule has 1 aliphatic heterocycles. The van der Waals surface area contributed by atoms with Crippen LogP contribution in [0.5, 0.6) is 0 Å². The van der Waals surface area contributed by atoms with Gasteiger partial charge in [-0.2, -0.15) is 0 Å². The first-order valence-electron chi connectivity index (χ1n) is 5.59. The predicted octanol–water partition coefficient (Wildman–Crippen LogP) is 0.527. The standard InChI is InChI=1S/C11H22N2O2/c1-11(2,15-3)8-13-10(14)9-5-4-6-12-7-9/h9,12H,4-8H2,1-3H3,(H,13,14)/t9-/m1/s1. The Balaban J connectivity index is 2.28. The number of nitrogens with one attached hydrogen (secondary N) is 2. The Morgan fingerprint density at radius 1 is 1.60 bits per heavy atom. The first-order valence-corrected chi connectivity index (χ1v) is 5.59. The molecular formula is C11H22N2O2. The van der Waals surface area contributed by atoms with Crippen LogP contribution in [-0.4, -0.2) is 38.3 Å². The monoisotopic (exact) mass is 214 g/mol. The number of rotatable bonds is 4. The van der Waals surface area contributed by atoms with Crippen molar-refractivity contribution in [3.63, 3.8) is 0 Å². The van der Waals surface area contributed by atoms with E-state index in [9.17, 15) is 4.79 Å². The molecule has 1 aliphatic rings. The van der Waals surface area contributed by atoms with Crippen LogP contribution in [0.15, 0.2) is 0 Å². The van der Waals surface area contributed by atoms with Crippen LogP contribution in [0, 0.1) is 5.92 Å². The molecule has 0 saturated carbocycles. The number of carbonyl (C=O) groups excluding carboxylic acids is 1. The number of methoxy groups -OCH3 is 1. The summed E-state index contributed by atoms with van der Waals surface area (Å²) in [4.78, 5) is 11.8. The van der Waals surface area contributed by atoms with E-state index in [2.05, 4.69) is 10.6 Å². The predicted molar refractivity (Wildman–Crippen MR) is 59.7 cm³/mol. The topological polar surface area (TPSA) is 50.4 Å². The van der Waals surface area contributed by atoms with Gasteiger partial charge in [0.05, 0.1) is 11.5 Å². The largest absolute Gasteiger partial charge is 0.377 e. The van der Waals surface area contributed by atoms with Gasteiger partial charge < -0.3 is 15.4 Å². The van der Waals surface area contributed by atoms with Crippen LogP contribution in [0.2, 0.25) is 0 Å². The molecule has 1 amide bonds. The van der Waals surface area contributed by atoms with Gasteiger partial charge in [-0.15, -0.1) is 0 Å². The van der Waals surface area contributed by atoms with Gasteiger partial charge in [0.25, 0.3) is 0 Å². The molecule has 88 valence electrons. The number of ether oxygens (including phenoxy) is 1. The van der Waals surface area contributed by atoms with E-state index in [-0.39, 0.29) is 17.4 Å². The SMILES string of the molecule is COC(C)(C)CNC(=O)[C@@H]1CCCNC1. The molecule has 1 fully saturated rings. The molecule has 0 aromatic carbocycles. The van der Waals surface area contributed by atoms with Crippen molar-refractivity contribution in [3.05, 3.63) is 0 Å². The molecule has 15 heavy (non-hydrogen) atoms. The van der Waals surface area contributed by atoms with Crippen molar-refractivity contribution < 1.29 is 9.53 Å². The second kappa shape index (κ2) is 5.47. The maximum Gasteiger partial charge on any atom is 0.224 e. The van der Waals surface area contributed by atoms with E-state index in [4.69, 9.17) is 4.74 Å². The van der Waals surface area contributed by atoms with Gasteiger partial charge in [-0.1, -0.05) is 0 Å². The Kier molecular flexibility index (Phi) is 4.54. The van der Waals surface area contributed by atoms with Gasteiger partial charge in [-0.05, 0) is 33.2 Å². The zero-order valence-corrected chi connectivity index (χ0v) is 9.93. The first-order chi connectivity index (χ1) is 7.05. The highest BCUT2D eigenvalue weighted by atomic mass is 16.5. The molecule has 1 heterocycles. The number of carbonyl (C=O) groups is 1. The van der Waals surface area contributed by atoms with Crippen molar-refractivity contribution in [2.75, 3.05) is 26.7 Å². The van der Waals surface area contributed by atoms with Crippen molar-refractivity contribution in [1.82, 2.24) is 10.6 Å². The van der Waals surface area contributed by atoms with E-state index < -0.39 is 0 Å². The van der Waals surface area contributed by atoms with Crippen LogP contribution >= 0.6 is 0 Å². The number of hydrogen-bond acceptors (Lipinski definition) is 3. The Hall–Kier alpha value is -0.610. The average Bonchev–Trinajstić information content (AvgIpc) is 2.27. The van der Waals surface area contributed by atoms with E-state index in [0.717, 1.165) is 25.9 Å². The quantitative estimate of drug-likeness (QED) is 0.717. The third-order valence-corrected chi connectivity index (χ3v) is 2.91. The number of piperidine rings is 1. The second-order valence-corrected chi connectivity index (χ2v) is 4.72. The van der Waals surface area contributed by atoms with Gasteiger partial charge in [-0.25, -0.2) is 0 Å². The summed E-state index contributed by atoms with van der Waals surface area (Å²) in [5.74, 6) is 0.277. The highest BCUT2D eigenvalue weighted by molar-refractivity contribution is 5.79. The molecule has 1 saturated heterocycles. The maximum atomic E-state index is 11.8. The van der Waals surface area contributed by atoms with E-state index in [1.807, 2.05) is 13.8 Å². The maximum absolute atomic E-state index is 11.8. The second-order valence-electron chi connectivity index (χ2n) is 4.72. The van der Waals surface area contributed by atoms with Gasteiger partial charge in [0.1, 0.15) is 0 Å². The fourth-order valence-corrected chi connectivity index (χ4v) is 1.59. The van der Waals surface area contributed by atoms with Crippen molar-refractivity contribution in [1.29, 1.82) is 0 Å². The van der Waals surface area contributed by atoms with Crippen molar-refractivity contribution in [2.24, 2.45) is 5.92 Å². The van der Waals surface area contributed by atoms with E-state index in [1.165, 1.54) is 0 Å². The summed E-state index contributed by atoms with van der Waals surface area (Å²) in [6.45, 7) is 6.34. The molecule has 0 aromatic rings. The van der Waals surface area contributed by atoms with Gasteiger partial charge in [-0.3, -0.25) is 4.79 Å². The van der Waals surface area contributed by atoms with Crippen molar-refractivity contribution in [2.45, 2.75) is 32.3 Å². The summed E-state index contributed by atoms with van der Waals surface area (Å²) in [5.41, 5.74) is -0.280. The van der Waals surface area contributed by atoms with Crippen molar-refractivity contribution >= 4 is 5.91 Å². The molecule has 0 radical (unpaired) electrons. The molecule has 4 nitrogen and oxygen atoms in total. The lowest BCUT2D eigenvalue weighted by Gasteiger charge is -2.26. The average molecular weight is 214 g/mol. The Morgan fingerprint density at radius 2 is 2.33 bits per heavy atom. The zero-order valence-electron chi connectivity index (χ0n) is 9.93. The lowest BCUT2D eigenvalue weighted by Crippen LogP contribution is -2.45. The van der Waals surface area contributed by atoms with Crippen molar-refractivity contribution in [3.8, 4) is 0 Å². The fraction of sp³-hybridized carbons (Fsp3) is 0.909. The van der Waals surface area contributed by atoms with Crippen LogP contribution in [0.1, 0.15) is 26.7 Å². The summed E-state index contributed by atoms with van der Waals surface area (Å²) in [6.07, 6.45) is 2.08. The fourth-order valence-electron chi connectivity index (χ4n) is 1.59. The molecule has 4 heteroatoms.